The molecule has 0 unspecified atom stereocenters. The van der Waals surface area contributed by atoms with Crippen LogP contribution in [0.3, 0.4) is 0 Å². The van der Waals surface area contributed by atoms with E-state index in [2.05, 4.69) is 5.32 Å². The van der Waals surface area contributed by atoms with Crippen LogP contribution < -0.4 is 5.32 Å². The maximum absolute atomic E-state index is 10.4. The number of amides is 1. The molecule has 4 heteroatoms. The molecule has 0 saturated carbocycles. The van der Waals surface area contributed by atoms with Gasteiger partial charge in [0, 0.05) is 12.6 Å². The fourth-order valence-corrected chi connectivity index (χ4v) is 0.346. The second kappa shape index (κ2) is 4.65. The van der Waals surface area contributed by atoms with Gasteiger partial charge in [0.1, 0.15) is 4.49 Å². The third-order valence-corrected chi connectivity index (χ3v) is 0.882. The first-order valence-corrected chi connectivity index (χ1v) is 3.23. The summed E-state index contributed by atoms with van der Waals surface area (Å²) in [6, 6.07) is 0. The highest BCUT2D eigenvalue weighted by molar-refractivity contribution is 6.55. The maximum Gasteiger partial charge on any atom is 0.223 e. The minimum atomic E-state index is -0.103. The second-order valence-corrected chi connectivity index (χ2v) is 2.36. The van der Waals surface area contributed by atoms with Crippen LogP contribution in [-0.2, 0) is 4.79 Å². The average molecular weight is 168 g/mol. The largest absolute Gasteiger partial charge is 0.330 e. The number of carbonyl (C=O) groups is 1. The highest BCUT2D eigenvalue weighted by Gasteiger charge is 1.90. The predicted octanol–water partition coefficient (Wildman–Crippen LogP) is 1.79. The molecule has 9 heavy (non-hydrogen) atoms. The van der Waals surface area contributed by atoms with Gasteiger partial charge in [0.25, 0.3) is 0 Å². The molecule has 0 heterocycles. The van der Waals surface area contributed by atoms with Crippen LogP contribution in [0.25, 0.3) is 0 Å². The van der Waals surface area contributed by atoms with E-state index in [9.17, 15) is 4.79 Å². The zero-order chi connectivity index (χ0) is 7.28. The molecule has 0 spiro atoms. The molecule has 0 rings (SSSR count). The summed E-state index contributed by atoms with van der Waals surface area (Å²) >= 11 is 10.4. The molecule has 0 aliphatic carbocycles. The topological polar surface area (TPSA) is 29.1 Å². The van der Waals surface area contributed by atoms with Crippen molar-refractivity contribution in [3.05, 3.63) is 10.7 Å². The summed E-state index contributed by atoms with van der Waals surface area (Å²) in [4.78, 5) is 10.4. The molecule has 0 radical (unpaired) electrons. The SMILES string of the molecule is CCC(=O)NC=C(Cl)Cl. The summed E-state index contributed by atoms with van der Waals surface area (Å²) in [6.07, 6.45) is 1.67. The minimum absolute atomic E-state index is 0.0526. The number of hydrogen-bond acceptors (Lipinski definition) is 1. The van der Waals surface area contributed by atoms with Crippen molar-refractivity contribution in [1.82, 2.24) is 5.32 Å². The molecule has 0 aliphatic rings. The lowest BCUT2D eigenvalue weighted by Crippen LogP contribution is -2.14. The van der Waals surface area contributed by atoms with E-state index in [-0.39, 0.29) is 10.4 Å². The summed E-state index contributed by atoms with van der Waals surface area (Å²) in [5, 5.41) is 2.37. The van der Waals surface area contributed by atoms with Gasteiger partial charge in [-0.15, -0.1) is 0 Å². The van der Waals surface area contributed by atoms with Gasteiger partial charge in [0.15, 0.2) is 0 Å². The zero-order valence-corrected chi connectivity index (χ0v) is 6.46. The first-order chi connectivity index (χ1) is 4.16. The Morgan fingerprint density at radius 3 is 2.56 bits per heavy atom. The molecular weight excluding hydrogens is 161 g/mol. The predicted molar refractivity (Wildman–Crippen MR) is 38.2 cm³/mol. The van der Waals surface area contributed by atoms with Gasteiger partial charge in [-0.1, -0.05) is 30.1 Å². The molecule has 0 aromatic heterocycles. The van der Waals surface area contributed by atoms with Crippen LogP contribution >= 0.6 is 23.2 Å². The van der Waals surface area contributed by atoms with Crippen molar-refractivity contribution in [1.29, 1.82) is 0 Å². The van der Waals surface area contributed by atoms with Crippen molar-refractivity contribution < 1.29 is 4.79 Å². The number of hydrogen-bond donors (Lipinski definition) is 1. The summed E-state index contributed by atoms with van der Waals surface area (Å²) in [5.41, 5.74) is 0. The van der Waals surface area contributed by atoms with Gasteiger partial charge < -0.3 is 5.32 Å². The van der Waals surface area contributed by atoms with E-state index in [1.807, 2.05) is 0 Å². The molecule has 0 aliphatic heterocycles. The lowest BCUT2D eigenvalue weighted by Gasteiger charge is -1.92. The first kappa shape index (κ1) is 8.79. The Bertz CT molecular complexity index is 129. The van der Waals surface area contributed by atoms with Gasteiger partial charge in [-0.25, -0.2) is 0 Å². The normalized spacial score (nSPS) is 8.33. The van der Waals surface area contributed by atoms with E-state index in [0.29, 0.717) is 6.42 Å². The monoisotopic (exact) mass is 167 g/mol. The molecule has 2 nitrogen and oxygen atoms in total. The van der Waals surface area contributed by atoms with E-state index in [1.165, 1.54) is 6.20 Å². The van der Waals surface area contributed by atoms with Crippen molar-refractivity contribution in [3.8, 4) is 0 Å². The summed E-state index contributed by atoms with van der Waals surface area (Å²) in [6.45, 7) is 1.74. The van der Waals surface area contributed by atoms with Crippen LogP contribution in [-0.4, -0.2) is 5.91 Å². The third-order valence-electron chi connectivity index (χ3n) is 0.663. The smallest absolute Gasteiger partial charge is 0.223 e. The number of rotatable bonds is 2. The highest BCUT2D eigenvalue weighted by atomic mass is 35.5. The van der Waals surface area contributed by atoms with Crippen LogP contribution in [0, 0.1) is 0 Å². The Morgan fingerprint density at radius 2 is 2.22 bits per heavy atom. The van der Waals surface area contributed by atoms with Gasteiger partial charge >= 0.3 is 0 Å². The fourth-order valence-electron chi connectivity index (χ4n) is 0.237. The molecule has 0 aromatic carbocycles. The Balaban J connectivity index is 3.50. The number of nitrogens with one attached hydrogen (secondary N) is 1. The molecule has 0 aromatic rings. The Labute approximate surface area is 63.8 Å². The Kier molecular flexibility index (Phi) is 4.54. The first-order valence-electron chi connectivity index (χ1n) is 2.47. The molecule has 1 amide bonds. The average Bonchev–Trinajstić information content (AvgIpc) is 1.83. The van der Waals surface area contributed by atoms with Crippen molar-refractivity contribution >= 4 is 29.1 Å². The van der Waals surface area contributed by atoms with E-state index in [4.69, 9.17) is 23.2 Å². The quantitative estimate of drug-likeness (QED) is 0.668. The molecule has 0 atom stereocenters. The molecular formula is C5H7Cl2NO. The fraction of sp³-hybridized carbons (Fsp3) is 0.400. The van der Waals surface area contributed by atoms with Crippen molar-refractivity contribution in [2.45, 2.75) is 13.3 Å². The Hall–Kier alpha value is -0.210. The summed E-state index contributed by atoms with van der Waals surface area (Å²) < 4.78 is 0.0526. The minimum Gasteiger partial charge on any atom is -0.330 e. The molecule has 52 valence electrons. The maximum atomic E-state index is 10.4. The standard InChI is InChI=1S/C5H7Cl2NO/c1-2-5(9)8-3-4(6)7/h3H,2H2,1H3,(H,8,9). The van der Waals surface area contributed by atoms with Crippen LogP contribution in [0.1, 0.15) is 13.3 Å². The summed E-state index contributed by atoms with van der Waals surface area (Å²) in [5.74, 6) is -0.103. The van der Waals surface area contributed by atoms with Gasteiger partial charge in [-0.3, -0.25) is 4.79 Å². The molecule has 0 fully saturated rings. The van der Waals surface area contributed by atoms with Gasteiger partial charge in [-0.05, 0) is 0 Å². The van der Waals surface area contributed by atoms with Gasteiger partial charge in [0.2, 0.25) is 5.91 Å². The van der Waals surface area contributed by atoms with Crippen molar-refractivity contribution in [3.63, 3.8) is 0 Å². The lowest BCUT2D eigenvalue weighted by molar-refractivity contribution is -0.119. The second-order valence-electron chi connectivity index (χ2n) is 1.36. The van der Waals surface area contributed by atoms with E-state index >= 15 is 0 Å². The Morgan fingerprint density at radius 1 is 1.67 bits per heavy atom. The van der Waals surface area contributed by atoms with Gasteiger partial charge in [0.05, 0.1) is 0 Å². The molecule has 0 bridgehead atoms. The van der Waals surface area contributed by atoms with Crippen LogP contribution in [0.5, 0.6) is 0 Å². The van der Waals surface area contributed by atoms with Gasteiger partial charge in [-0.2, -0.15) is 0 Å². The van der Waals surface area contributed by atoms with E-state index in [1.54, 1.807) is 6.92 Å². The number of carbonyl (C=O) groups excluding carboxylic acids is 1. The van der Waals surface area contributed by atoms with Crippen LogP contribution in [0.15, 0.2) is 10.7 Å². The van der Waals surface area contributed by atoms with Crippen molar-refractivity contribution in [2.24, 2.45) is 0 Å². The number of halogens is 2. The van der Waals surface area contributed by atoms with Crippen molar-refractivity contribution in [2.75, 3.05) is 0 Å². The highest BCUT2D eigenvalue weighted by Crippen LogP contribution is 2.03. The summed E-state index contributed by atoms with van der Waals surface area (Å²) in [7, 11) is 0. The van der Waals surface area contributed by atoms with Crippen LogP contribution in [0.2, 0.25) is 0 Å². The molecule has 1 N–H and O–H groups in total. The third kappa shape index (κ3) is 5.66. The zero-order valence-electron chi connectivity index (χ0n) is 4.95. The van der Waals surface area contributed by atoms with E-state index in [0.717, 1.165) is 0 Å². The van der Waals surface area contributed by atoms with Crippen LogP contribution in [0.4, 0.5) is 0 Å². The molecule has 0 saturated heterocycles. The van der Waals surface area contributed by atoms with E-state index < -0.39 is 0 Å². The lowest BCUT2D eigenvalue weighted by atomic mass is 10.5.